The second-order valence-electron chi connectivity index (χ2n) is 5.96. The number of unbranched alkanes of at least 4 members (excludes halogenated alkanes) is 1. The van der Waals surface area contributed by atoms with Gasteiger partial charge in [-0.1, -0.05) is 6.07 Å². The zero-order valence-corrected chi connectivity index (χ0v) is 15.0. The third kappa shape index (κ3) is 5.23. The average molecular weight is 360 g/mol. The van der Waals surface area contributed by atoms with Crippen LogP contribution in [0.2, 0.25) is 0 Å². The largest absolute Gasteiger partial charge is 0.493 e. The zero-order chi connectivity index (χ0) is 19.1. The number of carboxylic acids is 1. The number of anilines is 2. The monoisotopic (exact) mass is 360 g/mol. The Labute approximate surface area is 152 Å². The van der Waals surface area contributed by atoms with Crippen LogP contribution < -0.4 is 20.9 Å². The van der Waals surface area contributed by atoms with Gasteiger partial charge in [0.05, 0.1) is 13.7 Å². The lowest BCUT2D eigenvalue weighted by molar-refractivity contribution is -0.137. The lowest BCUT2D eigenvalue weighted by Crippen LogP contribution is -2.05. The highest BCUT2D eigenvalue weighted by atomic mass is 16.5. The van der Waals surface area contributed by atoms with E-state index in [1.807, 2.05) is 19.1 Å². The van der Waals surface area contributed by atoms with Crippen molar-refractivity contribution in [2.24, 2.45) is 0 Å². The molecule has 0 saturated carbocycles. The molecule has 140 valence electrons. The van der Waals surface area contributed by atoms with E-state index in [-0.39, 0.29) is 12.4 Å². The number of benzene rings is 1. The fraction of sp³-hybridized carbons (Fsp3) is 0.389. The number of nitrogens with zero attached hydrogens (tertiary/aromatic N) is 2. The van der Waals surface area contributed by atoms with Gasteiger partial charge in [0.15, 0.2) is 11.5 Å². The molecule has 1 aromatic heterocycles. The molecule has 1 heterocycles. The molecule has 0 aliphatic carbocycles. The topological polar surface area (TPSA) is 134 Å². The van der Waals surface area contributed by atoms with E-state index in [9.17, 15) is 4.79 Å². The summed E-state index contributed by atoms with van der Waals surface area (Å²) in [5.41, 5.74) is 14.1. The van der Waals surface area contributed by atoms with Gasteiger partial charge in [-0.25, -0.2) is 4.98 Å². The van der Waals surface area contributed by atoms with Gasteiger partial charge in [0.25, 0.3) is 0 Å². The summed E-state index contributed by atoms with van der Waals surface area (Å²) in [5, 5.41) is 8.66. The number of nitrogens with two attached hydrogens (primary N) is 2. The lowest BCUT2D eigenvalue weighted by Gasteiger charge is -2.15. The Bertz CT molecular complexity index is 780. The standard InChI is InChI=1S/C18H24N4O4/c1-11-7-12(8-13-10-21-18(20)22-17(13)19)9-14(25-2)16(11)26-6-4-3-5-15(23)24/h7,9-10H,3-6,8H2,1-2H3,(H,23,24)(H4,19,20,21,22). The van der Waals surface area contributed by atoms with E-state index in [1.165, 1.54) is 0 Å². The van der Waals surface area contributed by atoms with Crippen LogP contribution in [-0.4, -0.2) is 34.8 Å². The summed E-state index contributed by atoms with van der Waals surface area (Å²) in [6, 6.07) is 3.88. The van der Waals surface area contributed by atoms with Crippen LogP contribution in [0.3, 0.4) is 0 Å². The number of hydrogen-bond acceptors (Lipinski definition) is 7. The van der Waals surface area contributed by atoms with Gasteiger partial charge in [-0.2, -0.15) is 4.98 Å². The minimum Gasteiger partial charge on any atom is -0.493 e. The Morgan fingerprint density at radius 1 is 1.27 bits per heavy atom. The molecule has 0 fully saturated rings. The van der Waals surface area contributed by atoms with Gasteiger partial charge >= 0.3 is 5.97 Å². The molecular formula is C18H24N4O4. The first-order chi connectivity index (χ1) is 12.4. The molecule has 0 amide bonds. The number of aliphatic carboxylic acids is 1. The summed E-state index contributed by atoms with van der Waals surface area (Å²) in [6.45, 7) is 2.37. The minimum atomic E-state index is -0.797. The van der Waals surface area contributed by atoms with Gasteiger partial charge in [0, 0.05) is 24.6 Å². The summed E-state index contributed by atoms with van der Waals surface area (Å²) >= 11 is 0. The molecule has 26 heavy (non-hydrogen) atoms. The van der Waals surface area contributed by atoms with Crippen LogP contribution >= 0.6 is 0 Å². The normalized spacial score (nSPS) is 10.5. The zero-order valence-electron chi connectivity index (χ0n) is 15.0. The number of aromatic nitrogens is 2. The molecule has 5 N–H and O–H groups in total. The maximum Gasteiger partial charge on any atom is 0.303 e. The van der Waals surface area contributed by atoms with Gasteiger partial charge in [0.1, 0.15) is 5.82 Å². The second-order valence-corrected chi connectivity index (χ2v) is 5.96. The van der Waals surface area contributed by atoms with Crippen LogP contribution in [0.25, 0.3) is 0 Å². The quantitative estimate of drug-likeness (QED) is 0.579. The first kappa shape index (κ1) is 19.3. The molecule has 8 heteroatoms. The van der Waals surface area contributed by atoms with Crippen molar-refractivity contribution in [2.75, 3.05) is 25.2 Å². The summed E-state index contributed by atoms with van der Waals surface area (Å²) in [4.78, 5) is 18.5. The second kappa shape index (κ2) is 8.89. The molecule has 0 aliphatic rings. The fourth-order valence-electron chi connectivity index (χ4n) is 2.60. The summed E-state index contributed by atoms with van der Waals surface area (Å²) in [7, 11) is 1.58. The fourth-order valence-corrected chi connectivity index (χ4v) is 2.60. The molecule has 2 aromatic rings. The van der Waals surface area contributed by atoms with E-state index in [0.29, 0.717) is 43.2 Å². The highest BCUT2D eigenvalue weighted by Crippen LogP contribution is 2.33. The van der Waals surface area contributed by atoms with Gasteiger partial charge < -0.3 is 26.0 Å². The van der Waals surface area contributed by atoms with Crippen molar-refractivity contribution in [1.82, 2.24) is 9.97 Å². The number of rotatable bonds is 9. The van der Waals surface area contributed by atoms with E-state index >= 15 is 0 Å². The van der Waals surface area contributed by atoms with Crippen molar-refractivity contribution < 1.29 is 19.4 Å². The van der Waals surface area contributed by atoms with Crippen molar-refractivity contribution in [1.29, 1.82) is 0 Å². The molecule has 0 radical (unpaired) electrons. The first-order valence-corrected chi connectivity index (χ1v) is 8.29. The minimum absolute atomic E-state index is 0.142. The van der Waals surface area contributed by atoms with Gasteiger partial charge in [-0.15, -0.1) is 0 Å². The summed E-state index contributed by atoms with van der Waals surface area (Å²) in [5.74, 6) is 0.981. The summed E-state index contributed by atoms with van der Waals surface area (Å²) < 4.78 is 11.2. The molecule has 1 aromatic carbocycles. The van der Waals surface area contributed by atoms with Gasteiger partial charge in [-0.3, -0.25) is 4.79 Å². The Morgan fingerprint density at radius 2 is 2.04 bits per heavy atom. The van der Waals surface area contributed by atoms with Gasteiger partial charge in [0.2, 0.25) is 5.95 Å². The Kier molecular flexibility index (Phi) is 6.60. The van der Waals surface area contributed by atoms with Gasteiger partial charge in [-0.05, 0) is 37.0 Å². The number of carboxylic acid groups (broad SMARTS) is 1. The highest BCUT2D eigenvalue weighted by Gasteiger charge is 2.12. The molecule has 2 rings (SSSR count). The smallest absolute Gasteiger partial charge is 0.303 e. The molecule has 0 unspecified atom stereocenters. The lowest BCUT2D eigenvalue weighted by atomic mass is 10.0. The number of ether oxygens (including phenoxy) is 2. The van der Waals surface area contributed by atoms with Crippen LogP contribution in [0.5, 0.6) is 11.5 Å². The van der Waals surface area contributed by atoms with Crippen molar-refractivity contribution in [3.63, 3.8) is 0 Å². The summed E-state index contributed by atoms with van der Waals surface area (Å²) in [6.07, 6.45) is 3.54. The van der Waals surface area contributed by atoms with E-state index < -0.39 is 5.97 Å². The number of carbonyl (C=O) groups is 1. The molecule has 0 aliphatic heterocycles. The third-order valence-corrected chi connectivity index (χ3v) is 3.86. The van der Waals surface area contributed by atoms with E-state index in [0.717, 1.165) is 16.7 Å². The third-order valence-electron chi connectivity index (χ3n) is 3.86. The van der Waals surface area contributed by atoms with Crippen molar-refractivity contribution in [3.05, 3.63) is 35.0 Å². The molecular weight excluding hydrogens is 336 g/mol. The van der Waals surface area contributed by atoms with E-state index in [4.69, 9.17) is 26.0 Å². The Balaban J connectivity index is 2.09. The van der Waals surface area contributed by atoms with Crippen LogP contribution in [-0.2, 0) is 11.2 Å². The number of nitrogen functional groups attached to an aromatic ring is 2. The predicted molar refractivity (Wildman–Crippen MR) is 98.4 cm³/mol. The van der Waals surface area contributed by atoms with Crippen LogP contribution in [0.4, 0.5) is 11.8 Å². The Hall–Kier alpha value is -3.03. The highest BCUT2D eigenvalue weighted by molar-refractivity contribution is 5.66. The molecule has 0 bridgehead atoms. The SMILES string of the molecule is COc1cc(Cc2cnc(N)nc2N)cc(C)c1OCCCCC(=O)O. The molecule has 0 spiro atoms. The molecule has 0 atom stereocenters. The number of aryl methyl sites for hydroxylation is 1. The van der Waals surface area contributed by atoms with Crippen LogP contribution in [0.15, 0.2) is 18.3 Å². The first-order valence-electron chi connectivity index (χ1n) is 8.29. The van der Waals surface area contributed by atoms with Crippen LogP contribution in [0.1, 0.15) is 36.0 Å². The van der Waals surface area contributed by atoms with E-state index in [2.05, 4.69) is 9.97 Å². The maximum absolute atomic E-state index is 10.5. The molecule has 0 saturated heterocycles. The van der Waals surface area contributed by atoms with E-state index in [1.54, 1.807) is 13.3 Å². The average Bonchev–Trinajstić information content (AvgIpc) is 2.58. The number of hydrogen-bond donors (Lipinski definition) is 3. The predicted octanol–water partition coefficient (Wildman–Crippen LogP) is 2.18. The van der Waals surface area contributed by atoms with Crippen molar-refractivity contribution in [2.45, 2.75) is 32.6 Å². The maximum atomic E-state index is 10.5. The van der Waals surface area contributed by atoms with Crippen molar-refractivity contribution >= 4 is 17.7 Å². The Morgan fingerprint density at radius 3 is 2.69 bits per heavy atom. The van der Waals surface area contributed by atoms with Crippen LogP contribution in [0, 0.1) is 6.92 Å². The molecule has 8 nitrogen and oxygen atoms in total. The number of methoxy groups -OCH3 is 1. The van der Waals surface area contributed by atoms with Crippen molar-refractivity contribution in [3.8, 4) is 11.5 Å².